The number of carbonyl (C=O) groups is 1. The van der Waals surface area contributed by atoms with Crippen LogP contribution in [0.4, 0.5) is 5.69 Å². The van der Waals surface area contributed by atoms with Crippen molar-refractivity contribution in [2.45, 2.75) is 39.7 Å². The zero-order valence-corrected chi connectivity index (χ0v) is 16.8. The number of sulfonamides is 1. The molecule has 1 heterocycles. The van der Waals surface area contributed by atoms with Gasteiger partial charge in [0, 0.05) is 12.1 Å². The summed E-state index contributed by atoms with van der Waals surface area (Å²) >= 11 is 0. The number of amides is 1. The fraction of sp³-hybridized carbons (Fsp3) is 0.381. The second kappa shape index (κ2) is 7.72. The van der Waals surface area contributed by atoms with E-state index in [9.17, 15) is 13.2 Å². The molecule has 1 N–H and O–H groups in total. The maximum atomic E-state index is 12.6. The predicted molar refractivity (Wildman–Crippen MR) is 109 cm³/mol. The minimum atomic E-state index is -3.24. The minimum Gasteiger partial charge on any atom is -0.346 e. The summed E-state index contributed by atoms with van der Waals surface area (Å²) in [6.45, 7) is 6.53. The van der Waals surface area contributed by atoms with Gasteiger partial charge < -0.3 is 5.32 Å². The second-order valence-electron chi connectivity index (χ2n) is 7.20. The maximum absolute atomic E-state index is 12.6. The summed E-state index contributed by atoms with van der Waals surface area (Å²) in [6, 6.07) is 12.9. The molecular formula is C21H26N2O3S. The average Bonchev–Trinajstić information content (AvgIpc) is 2.63. The Morgan fingerprint density at radius 2 is 1.78 bits per heavy atom. The highest BCUT2D eigenvalue weighted by atomic mass is 32.2. The molecular weight excluding hydrogens is 360 g/mol. The molecule has 0 radical (unpaired) electrons. The number of nitrogens with one attached hydrogen (secondary N) is 1. The van der Waals surface area contributed by atoms with E-state index in [0.717, 1.165) is 23.1 Å². The van der Waals surface area contributed by atoms with Crippen LogP contribution in [0.15, 0.2) is 42.5 Å². The molecule has 1 atom stereocenters. The molecule has 0 bridgehead atoms. The number of nitrogens with zero attached hydrogens (tertiary/aromatic N) is 1. The van der Waals surface area contributed by atoms with E-state index >= 15 is 0 Å². The first kappa shape index (κ1) is 19.4. The molecule has 1 aliphatic heterocycles. The van der Waals surface area contributed by atoms with Crippen LogP contribution in [-0.2, 0) is 10.0 Å². The van der Waals surface area contributed by atoms with Crippen molar-refractivity contribution in [2.24, 2.45) is 0 Å². The summed E-state index contributed by atoms with van der Waals surface area (Å²) < 4.78 is 25.9. The number of anilines is 1. The Labute approximate surface area is 161 Å². The fourth-order valence-electron chi connectivity index (χ4n) is 3.44. The third-order valence-electron chi connectivity index (χ3n) is 5.02. The molecule has 5 nitrogen and oxygen atoms in total. The molecule has 2 aromatic rings. The van der Waals surface area contributed by atoms with Crippen molar-refractivity contribution in [1.82, 2.24) is 5.32 Å². The molecule has 1 fully saturated rings. The summed E-state index contributed by atoms with van der Waals surface area (Å²) in [5.41, 5.74) is 4.53. The number of carbonyl (C=O) groups excluding carboxylic acids is 1. The monoisotopic (exact) mass is 386 g/mol. The van der Waals surface area contributed by atoms with Crippen molar-refractivity contribution in [1.29, 1.82) is 0 Å². The van der Waals surface area contributed by atoms with Crippen molar-refractivity contribution < 1.29 is 13.2 Å². The van der Waals surface area contributed by atoms with Crippen molar-refractivity contribution in [3.63, 3.8) is 0 Å². The summed E-state index contributed by atoms with van der Waals surface area (Å²) in [5.74, 6) is 0.0132. The van der Waals surface area contributed by atoms with E-state index in [1.807, 2.05) is 20.8 Å². The van der Waals surface area contributed by atoms with E-state index in [4.69, 9.17) is 0 Å². The molecule has 1 aliphatic rings. The van der Waals surface area contributed by atoms with Gasteiger partial charge in [0.2, 0.25) is 10.0 Å². The molecule has 3 rings (SSSR count). The minimum absolute atomic E-state index is 0.112. The van der Waals surface area contributed by atoms with Gasteiger partial charge in [-0.2, -0.15) is 0 Å². The van der Waals surface area contributed by atoms with E-state index in [0.29, 0.717) is 24.2 Å². The lowest BCUT2D eigenvalue weighted by Gasteiger charge is -2.28. The summed E-state index contributed by atoms with van der Waals surface area (Å²) in [4.78, 5) is 12.6. The lowest BCUT2D eigenvalue weighted by molar-refractivity contribution is 0.0940. The third kappa shape index (κ3) is 4.33. The van der Waals surface area contributed by atoms with Gasteiger partial charge in [0.1, 0.15) is 0 Å². The Kier molecular flexibility index (Phi) is 5.56. The van der Waals surface area contributed by atoms with Gasteiger partial charge in [-0.05, 0) is 69.0 Å². The van der Waals surface area contributed by atoms with Crippen LogP contribution in [0.3, 0.4) is 0 Å². The van der Waals surface area contributed by atoms with Gasteiger partial charge in [-0.3, -0.25) is 9.10 Å². The number of hydrogen-bond acceptors (Lipinski definition) is 3. The summed E-state index contributed by atoms with van der Waals surface area (Å²) in [5, 5.41) is 3.02. The van der Waals surface area contributed by atoms with Gasteiger partial charge in [0.05, 0.1) is 17.5 Å². The Morgan fingerprint density at radius 1 is 1.07 bits per heavy atom. The van der Waals surface area contributed by atoms with Crippen LogP contribution in [0.1, 0.15) is 52.9 Å². The molecule has 0 saturated carbocycles. The Bertz CT molecular complexity index is 936. The van der Waals surface area contributed by atoms with E-state index in [2.05, 4.69) is 23.5 Å². The first-order chi connectivity index (χ1) is 12.8. The SMILES string of the molecule is Cc1ccc(C)c(C(C)NC(=O)c2ccc(N3CCCCS3(=O)=O)cc2)c1. The number of rotatable bonds is 4. The van der Waals surface area contributed by atoms with Crippen LogP contribution >= 0.6 is 0 Å². The standard InChI is InChI=1S/C21H26N2O3S/c1-15-6-7-16(2)20(14-15)17(3)22-21(24)18-8-10-19(11-9-18)23-12-4-5-13-27(23,25)26/h6-11,14,17H,4-5,12-13H2,1-3H3,(H,22,24). The average molecular weight is 387 g/mol. The third-order valence-corrected chi connectivity index (χ3v) is 6.89. The van der Waals surface area contributed by atoms with Crippen molar-refractivity contribution >= 4 is 21.6 Å². The van der Waals surface area contributed by atoms with Crippen molar-refractivity contribution in [2.75, 3.05) is 16.6 Å². The highest BCUT2D eigenvalue weighted by Gasteiger charge is 2.26. The first-order valence-electron chi connectivity index (χ1n) is 9.26. The lowest BCUT2D eigenvalue weighted by atomic mass is 9.99. The van der Waals surface area contributed by atoms with Crippen molar-refractivity contribution in [3.8, 4) is 0 Å². The fourth-order valence-corrected chi connectivity index (χ4v) is 5.08. The predicted octanol–water partition coefficient (Wildman–Crippen LogP) is 3.72. The van der Waals surface area contributed by atoms with Gasteiger partial charge in [0.15, 0.2) is 0 Å². The van der Waals surface area contributed by atoms with Gasteiger partial charge in [-0.1, -0.05) is 23.8 Å². The molecule has 144 valence electrons. The normalized spacial score (nSPS) is 17.4. The van der Waals surface area contributed by atoms with Crippen LogP contribution in [0.25, 0.3) is 0 Å². The summed E-state index contributed by atoms with van der Waals surface area (Å²) in [6.07, 6.45) is 1.56. The van der Waals surface area contributed by atoms with Gasteiger partial charge in [-0.25, -0.2) is 8.42 Å². The van der Waals surface area contributed by atoms with Crippen LogP contribution < -0.4 is 9.62 Å². The van der Waals surface area contributed by atoms with Crippen LogP contribution in [0.2, 0.25) is 0 Å². The van der Waals surface area contributed by atoms with Gasteiger partial charge in [-0.15, -0.1) is 0 Å². The van der Waals surface area contributed by atoms with E-state index < -0.39 is 10.0 Å². The molecule has 1 amide bonds. The van der Waals surface area contributed by atoms with Gasteiger partial charge in [0.25, 0.3) is 5.91 Å². The highest BCUT2D eigenvalue weighted by molar-refractivity contribution is 7.92. The molecule has 1 saturated heterocycles. The lowest BCUT2D eigenvalue weighted by Crippen LogP contribution is -2.37. The Hall–Kier alpha value is -2.34. The zero-order valence-electron chi connectivity index (χ0n) is 16.0. The molecule has 0 aliphatic carbocycles. The largest absolute Gasteiger partial charge is 0.346 e. The molecule has 1 unspecified atom stereocenters. The zero-order chi connectivity index (χ0) is 19.6. The highest BCUT2D eigenvalue weighted by Crippen LogP contribution is 2.24. The van der Waals surface area contributed by atoms with Crippen LogP contribution in [-0.4, -0.2) is 26.6 Å². The Morgan fingerprint density at radius 3 is 2.44 bits per heavy atom. The molecule has 2 aromatic carbocycles. The molecule has 27 heavy (non-hydrogen) atoms. The van der Waals surface area contributed by atoms with Crippen LogP contribution in [0.5, 0.6) is 0 Å². The molecule has 0 aromatic heterocycles. The first-order valence-corrected chi connectivity index (χ1v) is 10.9. The van der Waals surface area contributed by atoms with Crippen LogP contribution in [0, 0.1) is 13.8 Å². The molecule has 0 spiro atoms. The van der Waals surface area contributed by atoms with E-state index in [-0.39, 0.29) is 17.7 Å². The van der Waals surface area contributed by atoms with E-state index in [1.54, 1.807) is 24.3 Å². The number of benzene rings is 2. The number of hydrogen-bond donors (Lipinski definition) is 1. The quantitative estimate of drug-likeness (QED) is 0.871. The second-order valence-corrected chi connectivity index (χ2v) is 9.21. The van der Waals surface area contributed by atoms with Crippen molar-refractivity contribution in [3.05, 3.63) is 64.7 Å². The van der Waals surface area contributed by atoms with E-state index in [1.165, 1.54) is 4.31 Å². The molecule has 6 heteroatoms. The van der Waals surface area contributed by atoms with Gasteiger partial charge >= 0.3 is 0 Å². The number of aryl methyl sites for hydroxylation is 2. The topological polar surface area (TPSA) is 66.5 Å². The summed E-state index contributed by atoms with van der Waals surface area (Å²) in [7, 11) is -3.24. The maximum Gasteiger partial charge on any atom is 0.251 e. The Balaban J connectivity index is 1.73. The smallest absolute Gasteiger partial charge is 0.251 e.